The van der Waals surface area contributed by atoms with Crippen molar-refractivity contribution in [2.24, 2.45) is 0 Å². The van der Waals surface area contributed by atoms with Gasteiger partial charge in [-0.25, -0.2) is 0 Å². The minimum Gasteiger partial charge on any atom is -0.467 e. The molecule has 0 N–H and O–H groups in total. The molecule has 3 heteroatoms. The van der Waals surface area contributed by atoms with Gasteiger partial charge in [-0.1, -0.05) is 35.8 Å². The van der Waals surface area contributed by atoms with Crippen molar-refractivity contribution in [2.75, 3.05) is 13.9 Å². The van der Waals surface area contributed by atoms with E-state index >= 15 is 0 Å². The lowest BCUT2D eigenvalue weighted by Crippen LogP contribution is -2.08. The second-order valence-corrected chi connectivity index (χ2v) is 4.82. The van der Waals surface area contributed by atoms with Gasteiger partial charge in [-0.3, -0.25) is 0 Å². The van der Waals surface area contributed by atoms with E-state index in [1.54, 1.807) is 7.11 Å². The minimum atomic E-state index is 0.267. The fourth-order valence-corrected chi connectivity index (χ4v) is 2.34. The van der Waals surface area contributed by atoms with Crippen molar-refractivity contribution in [2.45, 2.75) is 13.8 Å². The number of rotatable bonds is 4. The highest BCUT2D eigenvalue weighted by Gasteiger charge is 2.12. The largest absolute Gasteiger partial charge is 0.467 e. The van der Waals surface area contributed by atoms with Crippen LogP contribution in [-0.4, -0.2) is 21.7 Å². The van der Waals surface area contributed by atoms with Crippen LogP contribution in [0.1, 0.15) is 11.1 Å². The van der Waals surface area contributed by atoms with Crippen LogP contribution in [-0.2, 0) is 4.74 Å². The number of benzene rings is 2. The Hall–Kier alpha value is -1.74. The lowest BCUT2D eigenvalue weighted by atomic mass is 9.86. The molecule has 2 aromatic rings. The predicted octanol–water partition coefficient (Wildman–Crippen LogP) is 2.21. The maximum atomic E-state index is 5.76. The summed E-state index contributed by atoms with van der Waals surface area (Å²) in [7, 11) is 3.75. The molecule has 0 saturated heterocycles. The quantitative estimate of drug-likeness (QED) is 0.615. The van der Waals surface area contributed by atoms with Gasteiger partial charge in [0, 0.05) is 12.7 Å². The Bertz CT molecular complexity index is 579. The average molecular weight is 254 g/mol. The first-order valence-corrected chi connectivity index (χ1v) is 6.42. The fourth-order valence-electron chi connectivity index (χ4n) is 2.34. The number of hydrogen-bond acceptors (Lipinski definition) is 2. The summed E-state index contributed by atoms with van der Waals surface area (Å²) >= 11 is 0. The van der Waals surface area contributed by atoms with Gasteiger partial charge in [0.1, 0.15) is 13.6 Å². The van der Waals surface area contributed by atoms with Crippen LogP contribution in [0.15, 0.2) is 36.4 Å². The standard InChI is InChI=1S/C16H19BO2/c1-11-8-12(2)16(19-10-18-3)14(9-11)13-6-4-5-7-15(13)17/h4-9H,10,17H2,1-3H3. The van der Waals surface area contributed by atoms with Crippen molar-refractivity contribution in [3.8, 4) is 16.9 Å². The van der Waals surface area contributed by atoms with Crippen molar-refractivity contribution < 1.29 is 9.47 Å². The molecule has 0 atom stereocenters. The molecule has 0 aliphatic carbocycles. The molecule has 0 saturated carbocycles. The molecule has 0 radical (unpaired) electrons. The van der Waals surface area contributed by atoms with Crippen LogP contribution < -0.4 is 10.2 Å². The van der Waals surface area contributed by atoms with E-state index in [4.69, 9.17) is 9.47 Å². The zero-order valence-corrected chi connectivity index (χ0v) is 12.0. The summed E-state index contributed by atoms with van der Waals surface area (Å²) < 4.78 is 10.8. The van der Waals surface area contributed by atoms with Crippen LogP contribution in [0.3, 0.4) is 0 Å². The average Bonchev–Trinajstić information content (AvgIpc) is 2.37. The van der Waals surface area contributed by atoms with E-state index in [1.165, 1.54) is 16.6 Å². The molecule has 19 heavy (non-hydrogen) atoms. The summed E-state index contributed by atoms with van der Waals surface area (Å²) in [6.07, 6.45) is 0. The highest BCUT2D eigenvalue weighted by molar-refractivity contribution is 6.36. The normalized spacial score (nSPS) is 10.5. The Balaban J connectivity index is 2.57. The van der Waals surface area contributed by atoms with Gasteiger partial charge in [0.25, 0.3) is 0 Å². The molecule has 0 unspecified atom stereocenters. The van der Waals surface area contributed by atoms with Gasteiger partial charge in [-0.2, -0.15) is 0 Å². The molecule has 0 fully saturated rings. The molecular weight excluding hydrogens is 235 g/mol. The second-order valence-electron chi connectivity index (χ2n) is 4.82. The summed E-state index contributed by atoms with van der Waals surface area (Å²) in [5.74, 6) is 0.904. The van der Waals surface area contributed by atoms with Gasteiger partial charge in [-0.05, 0) is 36.6 Å². The molecule has 0 aromatic heterocycles. The third kappa shape index (κ3) is 2.99. The molecule has 0 amide bonds. The molecule has 0 spiro atoms. The smallest absolute Gasteiger partial charge is 0.188 e. The second kappa shape index (κ2) is 5.94. The monoisotopic (exact) mass is 254 g/mol. The number of aryl methyl sites for hydroxylation is 2. The summed E-state index contributed by atoms with van der Waals surface area (Å²) in [4.78, 5) is 0. The van der Waals surface area contributed by atoms with Crippen molar-refractivity contribution in [1.29, 1.82) is 0 Å². The lowest BCUT2D eigenvalue weighted by Gasteiger charge is -2.16. The van der Waals surface area contributed by atoms with Gasteiger partial charge >= 0.3 is 0 Å². The van der Waals surface area contributed by atoms with E-state index in [-0.39, 0.29) is 6.79 Å². The Labute approximate surface area is 115 Å². The molecule has 0 bridgehead atoms. The van der Waals surface area contributed by atoms with Crippen molar-refractivity contribution in [3.63, 3.8) is 0 Å². The van der Waals surface area contributed by atoms with E-state index in [2.05, 4.69) is 58.1 Å². The highest BCUT2D eigenvalue weighted by atomic mass is 16.7. The topological polar surface area (TPSA) is 18.5 Å². The number of methoxy groups -OCH3 is 1. The Morgan fingerprint density at radius 1 is 1.05 bits per heavy atom. The van der Waals surface area contributed by atoms with Crippen molar-refractivity contribution >= 4 is 13.3 Å². The first-order valence-electron chi connectivity index (χ1n) is 6.42. The van der Waals surface area contributed by atoms with E-state index in [9.17, 15) is 0 Å². The van der Waals surface area contributed by atoms with E-state index in [0.29, 0.717) is 0 Å². The third-order valence-corrected chi connectivity index (χ3v) is 3.18. The zero-order valence-electron chi connectivity index (χ0n) is 12.0. The molecule has 0 aliphatic rings. The van der Waals surface area contributed by atoms with Crippen LogP contribution in [0.4, 0.5) is 0 Å². The van der Waals surface area contributed by atoms with E-state index < -0.39 is 0 Å². The van der Waals surface area contributed by atoms with E-state index in [1.807, 2.05) is 0 Å². The Morgan fingerprint density at radius 2 is 1.79 bits per heavy atom. The molecule has 0 heterocycles. The molecule has 0 aliphatic heterocycles. The molecule has 2 nitrogen and oxygen atoms in total. The van der Waals surface area contributed by atoms with Gasteiger partial charge in [0.15, 0.2) is 6.79 Å². The first kappa shape index (κ1) is 13.7. The molecule has 2 rings (SSSR count). The van der Waals surface area contributed by atoms with Crippen molar-refractivity contribution in [3.05, 3.63) is 47.5 Å². The number of hydrogen-bond donors (Lipinski definition) is 0. The van der Waals surface area contributed by atoms with Gasteiger partial charge < -0.3 is 9.47 Å². The summed E-state index contributed by atoms with van der Waals surface area (Å²) in [6, 6.07) is 12.7. The van der Waals surface area contributed by atoms with Crippen LogP contribution >= 0.6 is 0 Å². The first-order chi connectivity index (χ1) is 9.13. The third-order valence-electron chi connectivity index (χ3n) is 3.18. The maximum Gasteiger partial charge on any atom is 0.188 e. The van der Waals surface area contributed by atoms with Gasteiger partial charge in [-0.15, -0.1) is 0 Å². The molecule has 98 valence electrons. The fraction of sp³-hybridized carbons (Fsp3) is 0.250. The van der Waals surface area contributed by atoms with Crippen LogP contribution in [0.25, 0.3) is 11.1 Å². The summed E-state index contributed by atoms with van der Waals surface area (Å²) in [6.45, 7) is 4.44. The predicted molar refractivity (Wildman–Crippen MR) is 82.0 cm³/mol. The SMILES string of the molecule is Bc1ccccc1-c1cc(C)cc(C)c1OCOC. The summed E-state index contributed by atoms with van der Waals surface area (Å²) in [5.41, 5.74) is 5.96. The lowest BCUT2D eigenvalue weighted by molar-refractivity contribution is 0.0510. The van der Waals surface area contributed by atoms with E-state index in [0.717, 1.165) is 16.9 Å². The molecule has 2 aromatic carbocycles. The van der Waals surface area contributed by atoms with Crippen LogP contribution in [0, 0.1) is 13.8 Å². The molecular formula is C16H19BO2. The van der Waals surface area contributed by atoms with Gasteiger partial charge in [0.05, 0.1) is 0 Å². The minimum absolute atomic E-state index is 0.267. The Kier molecular flexibility index (Phi) is 4.28. The maximum absolute atomic E-state index is 5.76. The highest BCUT2D eigenvalue weighted by Crippen LogP contribution is 2.33. The van der Waals surface area contributed by atoms with Crippen LogP contribution in [0.5, 0.6) is 5.75 Å². The zero-order chi connectivity index (χ0) is 13.8. The van der Waals surface area contributed by atoms with Gasteiger partial charge in [0.2, 0.25) is 0 Å². The number of ether oxygens (including phenoxy) is 2. The summed E-state index contributed by atoms with van der Waals surface area (Å²) in [5, 5.41) is 0. The van der Waals surface area contributed by atoms with Crippen molar-refractivity contribution in [1.82, 2.24) is 0 Å². The van der Waals surface area contributed by atoms with Crippen LogP contribution in [0.2, 0.25) is 0 Å². The Morgan fingerprint density at radius 3 is 2.47 bits per heavy atom.